The topological polar surface area (TPSA) is 24.9 Å². The van der Waals surface area contributed by atoms with Gasteiger partial charge in [-0.25, -0.2) is 0 Å². The number of alkyl halides is 3. The Kier molecular flexibility index (Phi) is 4.14. The fraction of sp³-hybridized carbons (Fsp3) is 0.583. The lowest BCUT2D eigenvalue weighted by atomic mass is 10.1. The van der Waals surface area contributed by atoms with Gasteiger partial charge in [0.1, 0.15) is 0 Å². The van der Waals surface area contributed by atoms with Crippen molar-refractivity contribution in [3.05, 3.63) is 29.6 Å². The maximum absolute atomic E-state index is 12.3. The summed E-state index contributed by atoms with van der Waals surface area (Å²) >= 11 is 0. The van der Waals surface area contributed by atoms with Crippen LogP contribution in [0.15, 0.2) is 18.3 Å². The SMILES string of the molecule is CC.CNC1(c2ccc(C(F)(F)F)cn2)CC1. The summed E-state index contributed by atoms with van der Waals surface area (Å²) in [5.41, 5.74) is -0.180. The monoisotopic (exact) mass is 246 g/mol. The second-order valence-electron chi connectivity index (χ2n) is 3.76. The van der Waals surface area contributed by atoms with Gasteiger partial charge < -0.3 is 5.32 Å². The highest BCUT2D eigenvalue weighted by atomic mass is 19.4. The predicted molar refractivity (Wildman–Crippen MR) is 60.6 cm³/mol. The van der Waals surface area contributed by atoms with Crippen LogP contribution >= 0.6 is 0 Å². The van der Waals surface area contributed by atoms with Gasteiger partial charge in [-0.05, 0) is 32.0 Å². The molecule has 1 saturated carbocycles. The van der Waals surface area contributed by atoms with Gasteiger partial charge >= 0.3 is 6.18 Å². The minimum atomic E-state index is -4.30. The summed E-state index contributed by atoms with van der Waals surface area (Å²) in [4.78, 5) is 3.87. The summed E-state index contributed by atoms with van der Waals surface area (Å²) in [6.45, 7) is 4.00. The fourth-order valence-corrected chi connectivity index (χ4v) is 1.60. The fourth-order valence-electron chi connectivity index (χ4n) is 1.60. The average molecular weight is 246 g/mol. The molecular weight excluding hydrogens is 229 g/mol. The van der Waals surface area contributed by atoms with E-state index in [1.54, 1.807) is 7.05 Å². The van der Waals surface area contributed by atoms with Crippen LogP contribution in [0.4, 0.5) is 13.2 Å². The third-order valence-electron chi connectivity index (χ3n) is 2.81. The number of rotatable bonds is 2. The standard InChI is InChI=1S/C10H11F3N2.C2H6/c1-14-9(4-5-9)8-3-2-7(6-15-8)10(11,12)13;1-2/h2-3,6,14H,4-5H2,1H3;1-2H3. The third kappa shape index (κ3) is 2.97. The Morgan fingerprint density at radius 2 is 1.82 bits per heavy atom. The molecule has 1 heterocycles. The highest BCUT2D eigenvalue weighted by Gasteiger charge is 2.44. The van der Waals surface area contributed by atoms with Crippen LogP contribution in [0.25, 0.3) is 0 Å². The molecule has 0 spiro atoms. The lowest BCUT2D eigenvalue weighted by molar-refractivity contribution is -0.137. The molecule has 96 valence electrons. The van der Waals surface area contributed by atoms with Crippen LogP contribution in [0.1, 0.15) is 37.9 Å². The van der Waals surface area contributed by atoms with Crippen molar-refractivity contribution in [2.75, 3.05) is 7.05 Å². The van der Waals surface area contributed by atoms with Crippen LogP contribution in [0, 0.1) is 0 Å². The number of hydrogen-bond acceptors (Lipinski definition) is 2. The van der Waals surface area contributed by atoms with Crippen molar-refractivity contribution >= 4 is 0 Å². The molecule has 1 aromatic heterocycles. The normalized spacial score (nSPS) is 17.1. The van der Waals surface area contributed by atoms with E-state index in [9.17, 15) is 13.2 Å². The lowest BCUT2D eigenvalue weighted by Gasteiger charge is -2.14. The van der Waals surface area contributed by atoms with Crippen molar-refractivity contribution in [1.82, 2.24) is 10.3 Å². The number of halogens is 3. The molecule has 0 aliphatic heterocycles. The Labute approximate surface area is 99.3 Å². The summed E-state index contributed by atoms with van der Waals surface area (Å²) in [6, 6.07) is 2.53. The first-order chi connectivity index (χ1) is 7.98. The van der Waals surface area contributed by atoms with Gasteiger partial charge in [0.25, 0.3) is 0 Å². The van der Waals surface area contributed by atoms with Crippen molar-refractivity contribution < 1.29 is 13.2 Å². The first kappa shape index (κ1) is 14.0. The molecule has 17 heavy (non-hydrogen) atoms. The quantitative estimate of drug-likeness (QED) is 0.865. The van der Waals surface area contributed by atoms with E-state index < -0.39 is 11.7 Å². The Morgan fingerprint density at radius 3 is 2.12 bits per heavy atom. The Morgan fingerprint density at radius 1 is 1.24 bits per heavy atom. The molecule has 0 atom stereocenters. The van der Waals surface area contributed by atoms with E-state index in [1.165, 1.54) is 6.07 Å². The van der Waals surface area contributed by atoms with E-state index in [-0.39, 0.29) is 5.54 Å². The first-order valence-corrected chi connectivity index (χ1v) is 5.71. The highest BCUT2D eigenvalue weighted by Crippen LogP contribution is 2.44. The van der Waals surface area contributed by atoms with E-state index in [4.69, 9.17) is 0 Å². The molecule has 1 N–H and O–H groups in total. The molecule has 0 unspecified atom stereocenters. The van der Waals surface area contributed by atoms with Crippen molar-refractivity contribution in [3.63, 3.8) is 0 Å². The first-order valence-electron chi connectivity index (χ1n) is 5.71. The minimum absolute atomic E-state index is 0.176. The van der Waals surface area contributed by atoms with E-state index in [1.807, 2.05) is 13.8 Å². The van der Waals surface area contributed by atoms with Crippen LogP contribution in [0.5, 0.6) is 0 Å². The van der Waals surface area contributed by atoms with E-state index in [2.05, 4.69) is 10.3 Å². The molecule has 0 saturated heterocycles. The molecule has 1 aliphatic carbocycles. The molecule has 1 aromatic rings. The lowest BCUT2D eigenvalue weighted by Crippen LogP contribution is -2.25. The second kappa shape index (κ2) is 5.04. The van der Waals surface area contributed by atoms with Gasteiger partial charge in [0.2, 0.25) is 0 Å². The van der Waals surface area contributed by atoms with Crippen molar-refractivity contribution in [1.29, 1.82) is 0 Å². The summed E-state index contributed by atoms with van der Waals surface area (Å²) in [5.74, 6) is 0. The Balaban J connectivity index is 0.000000686. The van der Waals surface area contributed by atoms with Crippen LogP contribution in [0.2, 0.25) is 0 Å². The van der Waals surface area contributed by atoms with Crippen molar-refractivity contribution in [2.24, 2.45) is 0 Å². The maximum Gasteiger partial charge on any atom is 0.417 e. The van der Waals surface area contributed by atoms with E-state index >= 15 is 0 Å². The van der Waals surface area contributed by atoms with E-state index in [0.717, 1.165) is 25.1 Å². The highest BCUT2D eigenvalue weighted by molar-refractivity contribution is 5.26. The molecule has 0 aromatic carbocycles. The summed E-state index contributed by atoms with van der Waals surface area (Å²) in [5, 5.41) is 3.08. The van der Waals surface area contributed by atoms with Gasteiger partial charge in [-0.1, -0.05) is 13.8 Å². The van der Waals surface area contributed by atoms with Crippen LogP contribution in [-0.2, 0) is 11.7 Å². The molecule has 1 fully saturated rings. The smallest absolute Gasteiger partial charge is 0.309 e. The molecule has 2 rings (SSSR count). The number of hydrogen-bond donors (Lipinski definition) is 1. The average Bonchev–Trinajstić information content (AvgIpc) is 3.12. The van der Waals surface area contributed by atoms with Gasteiger partial charge in [-0.15, -0.1) is 0 Å². The van der Waals surface area contributed by atoms with Gasteiger partial charge in [0.05, 0.1) is 16.8 Å². The molecule has 0 amide bonds. The molecule has 5 heteroatoms. The largest absolute Gasteiger partial charge is 0.417 e. The molecular formula is C12H17F3N2. The van der Waals surface area contributed by atoms with Gasteiger partial charge in [0, 0.05) is 6.20 Å². The number of pyridine rings is 1. The third-order valence-corrected chi connectivity index (χ3v) is 2.81. The second-order valence-corrected chi connectivity index (χ2v) is 3.76. The molecule has 2 nitrogen and oxygen atoms in total. The summed E-state index contributed by atoms with van der Waals surface area (Å²) < 4.78 is 36.8. The summed E-state index contributed by atoms with van der Waals surface area (Å²) in [6.07, 6.45) is -1.54. The summed E-state index contributed by atoms with van der Waals surface area (Å²) in [7, 11) is 1.80. The van der Waals surface area contributed by atoms with Gasteiger partial charge in [0.15, 0.2) is 0 Å². The van der Waals surface area contributed by atoms with E-state index in [0.29, 0.717) is 5.69 Å². The number of nitrogens with zero attached hydrogens (tertiary/aromatic N) is 1. The van der Waals surface area contributed by atoms with Crippen LogP contribution in [0.3, 0.4) is 0 Å². The molecule has 1 aliphatic rings. The number of aromatic nitrogens is 1. The van der Waals surface area contributed by atoms with Crippen LogP contribution in [-0.4, -0.2) is 12.0 Å². The van der Waals surface area contributed by atoms with Crippen molar-refractivity contribution in [3.8, 4) is 0 Å². The number of nitrogens with one attached hydrogen (secondary N) is 1. The molecule has 0 radical (unpaired) electrons. The Hall–Kier alpha value is -1.10. The Bertz CT molecular complexity index is 353. The zero-order valence-corrected chi connectivity index (χ0v) is 10.2. The maximum atomic E-state index is 12.3. The zero-order chi connectivity index (χ0) is 13.1. The molecule has 0 bridgehead atoms. The van der Waals surface area contributed by atoms with Crippen molar-refractivity contribution in [2.45, 2.75) is 38.4 Å². The van der Waals surface area contributed by atoms with Crippen LogP contribution < -0.4 is 5.32 Å². The minimum Gasteiger partial charge on any atom is -0.309 e. The predicted octanol–water partition coefficient (Wildman–Crippen LogP) is 3.34. The van der Waals surface area contributed by atoms with Gasteiger partial charge in [-0.2, -0.15) is 13.2 Å². The van der Waals surface area contributed by atoms with Gasteiger partial charge in [-0.3, -0.25) is 4.98 Å². The zero-order valence-electron chi connectivity index (χ0n) is 10.2.